The highest BCUT2D eigenvalue weighted by molar-refractivity contribution is 5.89. The summed E-state index contributed by atoms with van der Waals surface area (Å²) < 4.78 is 27.3. The molecule has 112 valence electrons. The smallest absolute Gasteiger partial charge is 0.152 e. The van der Waals surface area contributed by atoms with Crippen LogP contribution >= 0.6 is 0 Å². The minimum Gasteiger partial charge on any atom is -0.369 e. The number of nitrogens with zero attached hydrogens (tertiary/aromatic N) is 2. The number of anilines is 1. The Bertz CT molecular complexity index is 804. The largest absolute Gasteiger partial charge is 0.369 e. The first kappa shape index (κ1) is 14.4. The van der Waals surface area contributed by atoms with Gasteiger partial charge in [-0.05, 0) is 25.0 Å². The fourth-order valence-electron chi connectivity index (χ4n) is 2.37. The number of nitrogens with one attached hydrogen (secondary N) is 1. The first-order valence-corrected chi connectivity index (χ1v) is 7.04. The molecule has 0 aliphatic carbocycles. The van der Waals surface area contributed by atoms with Crippen LogP contribution < -0.4 is 5.32 Å². The fourth-order valence-corrected chi connectivity index (χ4v) is 2.37. The quantitative estimate of drug-likeness (QED) is 0.794. The molecule has 0 radical (unpaired) electrons. The standard InChI is InChI=1S/C17H15F2N3/c1-11-21-16-14(9-13(18)10-15(16)19)17(22-11)20-8-7-12-5-3-2-4-6-12/h2-6,9-10H,7-8H2,1H3,(H,20,21,22). The van der Waals surface area contributed by atoms with Crippen LogP contribution in [-0.4, -0.2) is 16.5 Å². The number of rotatable bonds is 4. The van der Waals surface area contributed by atoms with Crippen molar-refractivity contribution in [3.8, 4) is 0 Å². The number of fused-ring (bicyclic) bond motifs is 1. The normalized spacial score (nSPS) is 10.9. The van der Waals surface area contributed by atoms with Gasteiger partial charge in [-0.25, -0.2) is 18.7 Å². The van der Waals surface area contributed by atoms with E-state index in [1.807, 2.05) is 30.3 Å². The van der Waals surface area contributed by atoms with Crippen LogP contribution in [0.2, 0.25) is 0 Å². The highest BCUT2D eigenvalue weighted by atomic mass is 19.1. The first-order chi connectivity index (χ1) is 10.6. The Kier molecular flexibility index (Phi) is 3.96. The third kappa shape index (κ3) is 3.03. The van der Waals surface area contributed by atoms with Gasteiger partial charge >= 0.3 is 0 Å². The number of halogens is 2. The Hall–Kier alpha value is -2.56. The monoisotopic (exact) mass is 299 g/mol. The van der Waals surface area contributed by atoms with E-state index in [2.05, 4.69) is 15.3 Å². The van der Waals surface area contributed by atoms with E-state index in [0.717, 1.165) is 12.5 Å². The predicted molar refractivity (Wildman–Crippen MR) is 82.8 cm³/mol. The van der Waals surface area contributed by atoms with Crippen molar-refractivity contribution in [3.05, 3.63) is 65.5 Å². The van der Waals surface area contributed by atoms with Crippen LogP contribution in [0, 0.1) is 18.6 Å². The average Bonchev–Trinajstić information content (AvgIpc) is 2.49. The van der Waals surface area contributed by atoms with Crippen LogP contribution in [0.15, 0.2) is 42.5 Å². The van der Waals surface area contributed by atoms with E-state index in [4.69, 9.17) is 0 Å². The van der Waals surface area contributed by atoms with Gasteiger partial charge in [0.1, 0.15) is 23.0 Å². The number of hydrogen-bond acceptors (Lipinski definition) is 3. The lowest BCUT2D eigenvalue weighted by atomic mass is 10.1. The van der Waals surface area contributed by atoms with Crippen LogP contribution in [0.25, 0.3) is 10.9 Å². The number of aromatic nitrogens is 2. The van der Waals surface area contributed by atoms with Gasteiger partial charge in [0.05, 0.1) is 0 Å². The first-order valence-electron chi connectivity index (χ1n) is 7.04. The summed E-state index contributed by atoms with van der Waals surface area (Å²) in [6.45, 7) is 2.30. The zero-order valence-electron chi connectivity index (χ0n) is 12.1. The summed E-state index contributed by atoms with van der Waals surface area (Å²) in [4.78, 5) is 8.31. The van der Waals surface area contributed by atoms with Gasteiger partial charge in [0.15, 0.2) is 5.82 Å². The Morgan fingerprint density at radius 2 is 1.82 bits per heavy atom. The van der Waals surface area contributed by atoms with Crippen LogP contribution in [0.1, 0.15) is 11.4 Å². The summed E-state index contributed by atoms with van der Waals surface area (Å²) in [6.07, 6.45) is 0.795. The second kappa shape index (κ2) is 6.05. The SMILES string of the molecule is Cc1nc(NCCc2ccccc2)c2cc(F)cc(F)c2n1. The highest BCUT2D eigenvalue weighted by Crippen LogP contribution is 2.24. The van der Waals surface area contributed by atoms with Gasteiger partial charge in [-0.1, -0.05) is 30.3 Å². The van der Waals surface area contributed by atoms with Crippen molar-refractivity contribution >= 4 is 16.7 Å². The topological polar surface area (TPSA) is 37.8 Å². The molecular weight excluding hydrogens is 284 g/mol. The second-order valence-corrected chi connectivity index (χ2v) is 5.07. The van der Waals surface area contributed by atoms with E-state index in [1.165, 1.54) is 11.6 Å². The maximum atomic E-state index is 13.8. The molecule has 0 aliphatic rings. The Morgan fingerprint density at radius 3 is 2.59 bits per heavy atom. The molecule has 0 atom stereocenters. The van der Waals surface area contributed by atoms with Gasteiger partial charge in [-0.3, -0.25) is 0 Å². The molecule has 0 fully saturated rings. The molecule has 3 rings (SSSR count). The lowest BCUT2D eigenvalue weighted by Crippen LogP contribution is -2.08. The van der Waals surface area contributed by atoms with Crippen molar-refractivity contribution in [3.63, 3.8) is 0 Å². The number of benzene rings is 2. The van der Waals surface area contributed by atoms with Gasteiger partial charge in [0, 0.05) is 18.0 Å². The summed E-state index contributed by atoms with van der Waals surface area (Å²) in [5.74, 6) is -0.410. The van der Waals surface area contributed by atoms with Crippen LogP contribution in [0.5, 0.6) is 0 Å². The molecule has 0 saturated carbocycles. The van der Waals surface area contributed by atoms with E-state index in [1.54, 1.807) is 6.92 Å². The molecular formula is C17H15F2N3. The van der Waals surface area contributed by atoms with Gasteiger partial charge < -0.3 is 5.32 Å². The lowest BCUT2D eigenvalue weighted by molar-refractivity contribution is 0.590. The Labute approximate surface area is 127 Å². The molecule has 0 saturated heterocycles. The van der Waals surface area contributed by atoms with E-state index in [9.17, 15) is 8.78 Å². The van der Waals surface area contributed by atoms with Gasteiger partial charge in [-0.2, -0.15) is 0 Å². The lowest BCUT2D eigenvalue weighted by Gasteiger charge is -2.10. The minimum absolute atomic E-state index is 0.135. The summed E-state index contributed by atoms with van der Waals surface area (Å²) in [5, 5.41) is 3.50. The second-order valence-electron chi connectivity index (χ2n) is 5.07. The summed E-state index contributed by atoms with van der Waals surface area (Å²) in [7, 11) is 0. The summed E-state index contributed by atoms with van der Waals surface area (Å²) >= 11 is 0. The molecule has 1 aromatic heterocycles. The molecule has 0 spiro atoms. The van der Waals surface area contributed by atoms with Crippen LogP contribution in [-0.2, 0) is 6.42 Å². The summed E-state index contributed by atoms with van der Waals surface area (Å²) in [5.41, 5.74) is 1.32. The molecule has 0 bridgehead atoms. The van der Waals surface area contributed by atoms with Crippen molar-refractivity contribution in [2.45, 2.75) is 13.3 Å². The van der Waals surface area contributed by atoms with Crippen molar-refractivity contribution in [1.82, 2.24) is 9.97 Å². The highest BCUT2D eigenvalue weighted by Gasteiger charge is 2.11. The van der Waals surface area contributed by atoms with E-state index in [0.29, 0.717) is 23.6 Å². The molecule has 0 amide bonds. The van der Waals surface area contributed by atoms with Crippen molar-refractivity contribution < 1.29 is 8.78 Å². The Balaban J connectivity index is 1.87. The van der Waals surface area contributed by atoms with Crippen molar-refractivity contribution in [2.75, 3.05) is 11.9 Å². The maximum Gasteiger partial charge on any atom is 0.152 e. The van der Waals surface area contributed by atoms with Crippen LogP contribution in [0.3, 0.4) is 0 Å². The zero-order chi connectivity index (χ0) is 15.5. The molecule has 0 unspecified atom stereocenters. The third-order valence-electron chi connectivity index (χ3n) is 3.38. The fraction of sp³-hybridized carbons (Fsp3) is 0.176. The molecule has 5 heteroatoms. The molecule has 3 aromatic rings. The van der Waals surface area contributed by atoms with Crippen molar-refractivity contribution in [1.29, 1.82) is 0 Å². The number of hydrogen-bond donors (Lipinski definition) is 1. The van der Waals surface area contributed by atoms with Gasteiger partial charge in [0.2, 0.25) is 0 Å². The molecule has 0 aliphatic heterocycles. The third-order valence-corrected chi connectivity index (χ3v) is 3.38. The van der Waals surface area contributed by atoms with Crippen LogP contribution in [0.4, 0.5) is 14.6 Å². The Morgan fingerprint density at radius 1 is 1.05 bits per heavy atom. The van der Waals surface area contributed by atoms with E-state index in [-0.39, 0.29) is 5.52 Å². The molecule has 22 heavy (non-hydrogen) atoms. The van der Waals surface area contributed by atoms with E-state index >= 15 is 0 Å². The molecule has 2 aromatic carbocycles. The zero-order valence-corrected chi connectivity index (χ0v) is 12.1. The predicted octanol–water partition coefficient (Wildman–Crippen LogP) is 3.87. The maximum absolute atomic E-state index is 13.8. The van der Waals surface area contributed by atoms with Crippen molar-refractivity contribution in [2.24, 2.45) is 0 Å². The average molecular weight is 299 g/mol. The minimum atomic E-state index is -0.674. The number of aryl methyl sites for hydroxylation is 1. The van der Waals surface area contributed by atoms with Gasteiger partial charge in [0.25, 0.3) is 0 Å². The molecule has 1 N–H and O–H groups in total. The molecule has 1 heterocycles. The van der Waals surface area contributed by atoms with Gasteiger partial charge in [-0.15, -0.1) is 0 Å². The summed E-state index contributed by atoms with van der Waals surface area (Å²) in [6, 6.07) is 12.1. The van der Waals surface area contributed by atoms with E-state index < -0.39 is 11.6 Å². The molecule has 3 nitrogen and oxygen atoms in total.